The molecule has 2 aromatic heterocycles. The monoisotopic (exact) mass is 411 g/mol. The molecule has 0 aliphatic heterocycles. The molecule has 2 heterocycles. The number of aromatic amines is 1. The minimum absolute atomic E-state index is 0.355. The Kier molecular flexibility index (Phi) is 4.76. The van der Waals surface area contributed by atoms with Gasteiger partial charge in [0, 0.05) is 5.56 Å². The van der Waals surface area contributed by atoms with Gasteiger partial charge in [0.1, 0.15) is 23.7 Å². The zero-order valence-corrected chi connectivity index (χ0v) is 16.6. The summed E-state index contributed by atoms with van der Waals surface area (Å²) in [7, 11) is 1.61. The van der Waals surface area contributed by atoms with E-state index in [0.717, 1.165) is 16.8 Å². The summed E-state index contributed by atoms with van der Waals surface area (Å²) in [6.45, 7) is 0. The van der Waals surface area contributed by atoms with Crippen molar-refractivity contribution in [2.45, 2.75) is 0 Å². The summed E-state index contributed by atoms with van der Waals surface area (Å²) in [6, 6.07) is 22.5. The van der Waals surface area contributed by atoms with E-state index in [0.29, 0.717) is 33.9 Å². The van der Waals surface area contributed by atoms with Crippen LogP contribution in [-0.4, -0.2) is 27.3 Å². The van der Waals surface area contributed by atoms with Crippen LogP contribution in [0.5, 0.6) is 5.75 Å². The van der Waals surface area contributed by atoms with Gasteiger partial charge in [-0.05, 0) is 35.4 Å². The van der Waals surface area contributed by atoms with Gasteiger partial charge >= 0.3 is 0 Å². The molecule has 0 fully saturated rings. The van der Waals surface area contributed by atoms with Crippen LogP contribution in [0.2, 0.25) is 0 Å². The first-order valence-electron chi connectivity index (χ1n) is 9.69. The highest BCUT2D eigenvalue weighted by Crippen LogP contribution is 2.36. The summed E-state index contributed by atoms with van der Waals surface area (Å²) < 4.78 is 20.0. The lowest BCUT2D eigenvalue weighted by Gasteiger charge is -2.13. The first-order valence-corrected chi connectivity index (χ1v) is 9.69. The van der Waals surface area contributed by atoms with Gasteiger partial charge in [-0.1, -0.05) is 48.5 Å². The molecule has 0 spiro atoms. The molecule has 0 radical (unpaired) electrons. The van der Waals surface area contributed by atoms with Crippen molar-refractivity contribution in [1.82, 2.24) is 20.2 Å². The SMILES string of the molecule is COc1ccc(-c2ccccc2)cc1Nc1ncnc2n[nH]c(-c3ccccc3F)c12. The van der Waals surface area contributed by atoms with E-state index in [1.807, 2.05) is 48.5 Å². The van der Waals surface area contributed by atoms with Crippen LogP contribution in [0.1, 0.15) is 0 Å². The lowest BCUT2D eigenvalue weighted by molar-refractivity contribution is 0.417. The van der Waals surface area contributed by atoms with E-state index in [-0.39, 0.29) is 5.82 Å². The molecule has 0 saturated carbocycles. The van der Waals surface area contributed by atoms with Gasteiger partial charge in [-0.25, -0.2) is 14.4 Å². The largest absolute Gasteiger partial charge is 0.495 e. The van der Waals surface area contributed by atoms with Gasteiger partial charge in [-0.2, -0.15) is 5.10 Å². The number of fused-ring (bicyclic) bond motifs is 1. The highest BCUT2D eigenvalue weighted by molar-refractivity contribution is 6.00. The molecule has 0 atom stereocenters. The van der Waals surface area contributed by atoms with E-state index < -0.39 is 0 Å². The fourth-order valence-corrected chi connectivity index (χ4v) is 3.55. The summed E-state index contributed by atoms with van der Waals surface area (Å²) in [4.78, 5) is 8.63. The Hall–Kier alpha value is -4.26. The van der Waals surface area contributed by atoms with Crippen LogP contribution in [0.4, 0.5) is 15.9 Å². The quantitative estimate of drug-likeness (QED) is 0.395. The molecule has 0 aliphatic rings. The number of halogens is 1. The number of ether oxygens (including phenoxy) is 1. The highest BCUT2D eigenvalue weighted by Gasteiger charge is 2.18. The number of hydrogen-bond donors (Lipinski definition) is 2. The number of nitrogens with zero attached hydrogens (tertiary/aromatic N) is 3. The van der Waals surface area contributed by atoms with Gasteiger partial charge in [0.2, 0.25) is 0 Å². The number of H-pyrrole nitrogens is 1. The predicted octanol–water partition coefficient (Wildman–Crippen LogP) is 5.58. The molecule has 3 aromatic carbocycles. The fraction of sp³-hybridized carbons (Fsp3) is 0.0417. The van der Waals surface area contributed by atoms with Crippen molar-refractivity contribution in [2.24, 2.45) is 0 Å². The van der Waals surface area contributed by atoms with Crippen LogP contribution in [0.25, 0.3) is 33.4 Å². The van der Waals surface area contributed by atoms with Crippen molar-refractivity contribution >= 4 is 22.5 Å². The van der Waals surface area contributed by atoms with E-state index in [4.69, 9.17) is 4.74 Å². The van der Waals surface area contributed by atoms with E-state index in [9.17, 15) is 4.39 Å². The zero-order chi connectivity index (χ0) is 21.2. The number of aromatic nitrogens is 4. The topological polar surface area (TPSA) is 75.7 Å². The second-order valence-corrected chi connectivity index (χ2v) is 6.91. The third kappa shape index (κ3) is 3.46. The average Bonchev–Trinajstić information content (AvgIpc) is 3.25. The number of anilines is 2. The average molecular weight is 411 g/mol. The second-order valence-electron chi connectivity index (χ2n) is 6.91. The number of methoxy groups -OCH3 is 1. The molecule has 5 aromatic rings. The first-order chi connectivity index (χ1) is 15.2. The molecule has 0 amide bonds. The summed E-state index contributed by atoms with van der Waals surface area (Å²) in [5.41, 5.74) is 4.17. The lowest BCUT2D eigenvalue weighted by atomic mass is 10.0. The molecule has 0 bridgehead atoms. The Labute approximate surface area is 177 Å². The Morgan fingerprint density at radius 3 is 2.52 bits per heavy atom. The minimum Gasteiger partial charge on any atom is -0.495 e. The van der Waals surface area contributed by atoms with E-state index >= 15 is 0 Å². The maximum Gasteiger partial charge on any atom is 0.186 e. The maximum atomic E-state index is 14.5. The van der Waals surface area contributed by atoms with Crippen molar-refractivity contribution in [3.05, 3.63) is 84.9 Å². The summed E-state index contributed by atoms with van der Waals surface area (Å²) in [5, 5.41) is 11.1. The van der Waals surface area contributed by atoms with Crippen molar-refractivity contribution in [3.8, 4) is 28.1 Å². The number of rotatable bonds is 5. The van der Waals surface area contributed by atoms with Gasteiger partial charge in [-0.3, -0.25) is 5.10 Å². The molecular weight excluding hydrogens is 393 g/mol. The summed E-state index contributed by atoms with van der Waals surface area (Å²) in [5.74, 6) is 0.800. The Morgan fingerprint density at radius 1 is 0.903 bits per heavy atom. The predicted molar refractivity (Wildman–Crippen MR) is 119 cm³/mol. The molecule has 0 aliphatic carbocycles. The van der Waals surface area contributed by atoms with Crippen LogP contribution in [-0.2, 0) is 0 Å². The molecule has 0 saturated heterocycles. The number of benzene rings is 3. The van der Waals surface area contributed by atoms with Crippen LogP contribution >= 0.6 is 0 Å². The van der Waals surface area contributed by atoms with E-state index in [2.05, 4.69) is 25.5 Å². The van der Waals surface area contributed by atoms with Crippen molar-refractivity contribution in [1.29, 1.82) is 0 Å². The van der Waals surface area contributed by atoms with Crippen molar-refractivity contribution < 1.29 is 9.13 Å². The number of nitrogens with one attached hydrogen (secondary N) is 2. The van der Waals surface area contributed by atoms with E-state index in [1.165, 1.54) is 12.4 Å². The highest BCUT2D eigenvalue weighted by atomic mass is 19.1. The Morgan fingerprint density at radius 2 is 1.71 bits per heavy atom. The first kappa shape index (κ1) is 18.7. The van der Waals surface area contributed by atoms with Gasteiger partial charge in [-0.15, -0.1) is 0 Å². The molecule has 5 rings (SSSR count). The summed E-state index contributed by atoms with van der Waals surface area (Å²) >= 11 is 0. The molecular formula is C24H18FN5O. The van der Waals surface area contributed by atoms with Gasteiger partial charge in [0.15, 0.2) is 5.65 Å². The maximum absolute atomic E-state index is 14.5. The minimum atomic E-state index is -0.355. The smallest absolute Gasteiger partial charge is 0.186 e. The molecule has 7 heteroatoms. The molecule has 6 nitrogen and oxygen atoms in total. The molecule has 31 heavy (non-hydrogen) atoms. The molecule has 2 N–H and O–H groups in total. The van der Waals surface area contributed by atoms with Crippen molar-refractivity contribution in [2.75, 3.05) is 12.4 Å². The number of hydrogen-bond acceptors (Lipinski definition) is 5. The Balaban J connectivity index is 1.63. The molecule has 0 unspecified atom stereocenters. The van der Waals surface area contributed by atoms with Crippen LogP contribution < -0.4 is 10.1 Å². The fourth-order valence-electron chi connectivity index (χ4n) is 3.55. The normalized spacial score (nSPS) is 10.9. The second kappa shape index (κ2) is 7.87. The summed E-state index contributed by atoms with van der Waals surface area (Å²) in [6.07, 6.45) is 1.42. The third-order valence-electron chi connectivity index (χ3n) is 5.05. The van der Waals surface area contributed by atoms with Gasteiger partial charge in [0.25, 0.3) is 0 Å². The third-order valence-corrected chi connectivity index (χ3v) is 5.05. The molecule has 152 valence electrons. The van der Waals surface area contributed by atoms with Crippen LogP contribution in [0.3, 0.4) is 0 Å². The zero-order valence-electron chi connectivity index (χ0n) is 16.6. The van der Waals surface area contributed by atoms with Crippen LogP contribution in [0.15, 0.2) is 79.1 Å². The standard InChI is InChI=1S/C24H18FN5O/c1-31-20-12-11-16(15-7-3-2-4-8-15)13-19(20)28-23-21-22(17-9-5-6-10-18(17)25)29-30-24(21)27-14-26-23/h2-14H,1H3,(H2,26,27,28,29,30). The Bertz CT molecular complexity index is 1370. The van der Waals surface area contributed by atoms with Gasteiger partial charge in [0.05, 0.1) is 23.9 Å². The van der Waals surface area contributed by atoms with Gasteiger partial charge < -0.3 is 10.1 Å². The van der Waals surface area contributed by atoms with Crippen molar-refractivity contribution in [3.63, 3.8) is 0 Å². The van der Waals surface area contributed by atoms with Crippen LogP contribution in [0, 0.1) is 5.82 Å². The van der Waals surface area contributed by atoms with E-state index in [1.54, 1.807) is 25.3 Å². The lowest BCUT2D eigenvalue weighted by Crippen LogP contribution is -1.99.